The van der Waals surface area contributed by atoms with E-state index in [0.717, 1.165) is 12.8 Å². The zero-order valence-electron chi connectivity index (χ0n) is 9.39. The Morgan fingerprint density at radius 1 is 1.43 bits per heavy atom. The molecule has 3 N–H and O–H groups in total. The van der Waals surface area contributed by atoms with E-state index in [1.807, 2.05) is 13.8 Å². The van der Waals surface area contributed by atoms with Gasteiger partial charge in [0.1, 0.15) is 0 Å². The fourth-order valence-electron chi connectivity index (χ4n) is 1.07. The molecule has 0 unspecified atom stereocenters. The van der Waals surface area contributed by atoms with Crippen molar-refractivity contribution in [3.8, 4) is 0 Å². The summed E-state index contributed by atoms with van der Waals surface area (Å²) in [5.41, 5.74) is -0.342. The van der Waals surface area contributed by atoms with E-state index in [2.05, 4.69) is 17.6 Å². The molecule has 0 heterocycles. The Balaban J connectivity index is 3.69. The number of hydrogen-bond donors (Lipinski definition) is 3. The van der Waals surface area contributed by atoms with Crippen LogP contribution in [0.2, 0.25) is 0 Å². The molecule has 4 heteroatoms. The van der Waals surface area contributed by atoms with Gasteiger partial charge in [0.05, 0.1) is 0 Å². The molecule has 0 spiro atoms. The van der Waals surface area contributed by atoms with Crippen molar-refractivity contribution in [2.75, 3.05) is 13.2 Å². The summed E-state index contributed by atoms with van der Waals surface area (Å²) in [5, 5.41) is 14.3. The second-order valence-corrected chi connectivity index (χ2v) is 4.09. The van der Waals surface area contributed by atoms with Gasteiger partial charge in [0.25, 0.3) is 0 Å². The smallest absolute Gasteiger partial charge is 0.315 e. The summed E-state index contributed by atoms with van der Waals surface area (Å²) >= 11 is 0. The van der Waals surface area contributed by atoms with E-state index < -0.39 is 0 Å². The molecular weight excluding hydrogens is 180 g/mol. The summed E-state index contributed by atoms with van der Waals surface area (Å²) in [5.74, 6) is 0. The van der Waals surface area contributed by atoms with Crippen LogP contribution in [0.1, 0.15) is 40.0 Å². The molecule has 14 heavy (non-hydrogen) atoms. The van der Waals surface area contributed by atoms with E-state index in [1.54, 1.807) is 0 Å². The number of amides is 2. The highest BCUT2D eigenvalue weighted by molar-refractivity contribution is 5.74. The van der Waals surface area contributed by atoms with Gasteiger partial charge in [0.15, 0.2) is 0 Å². The molecule has 0 aliphatic carbocycles. The van der Waals surface area contributed by atoms with Gasteiger partial charge in [-0.25, -0.2) is 4.79 Å². The molecule has 84 valence electrons. The van der Waals surface area contributed by atoms with Gasteiger partial charge >= 0.3 is 6.03 Å². The average molecular weight is 202 g/mol. The minimum Gasteiger partial charge on any atom is -0.396 e. The first-order chi connectivity index (χ1) is 6.52. The maximum absolute atomic E-state index is 11.3. The van der Waals surface area contributed by atoms with Gasteiger partial charge in [-0.05, 0) is 26.7 Å². The van der Waals surface area contributed by atoms with Crippen LogP contribution in [0.15, 0.2) is 0 Å². The fraction of sp³-hybridized carbons (Fsp3) is 0.900. The number of aliphatic hydroxyl groups is 1. The molecule has 0 radical (unpaired) electrons. The summed E-state index contributed by atoms with van der Waals surface area (Å²) in [7, 11) is 0. The van der Waals surface area contributed by atoms with Crippen molar-refractivity contribution in [1.82, 2.24) is 10.6 Å². The highest BCUT2D eigenvalue weighted by Crippen LogP contribution is 2.06. The quantitative estimate of drug-likeness (QED) is 0.568. The first-order valence-electron chi connectivity index (χ1n) is 5.18. The van der Waals surface area contributed by atoms with Crippen LogP contribution in [0.3, 0.4) is 0 Å². The predicted octanol–water partition coefficient (Wildman–Crippen LogP) is 1.25. The molecule has 0 aromatic carbocycles. The number of carbonyl (C=O) groups excluding carboxylic acids is 1. The summed E-state index contributed by atoms with van der Waals surface area (Å²) in [4.78, 5) is 11.3. The zero-order valence-corrected chi connectivity index (χ0v) is 9.39. The fourth-order valence-corrected chi connectivity index (χ4v) is 1.07. The highest BCUT2D eigenvalue weighted by atomic mass is 16.3. The van der Waals surface area contributed by atoms with Gasteiger partial charge in [0.2, 0.25) is 0 Å². The van der Waals surface area contributed by atoms with Crippen LogP contribution in [-0.2, 0) is 0 Å². The number of hydrogen-bond acceptors (Lipinski definition) is 2. The number of carbonyl (C=O) groups is 1. The second kappa shape index (κ2) is 6.65. The first kappa shape index (κ1) is 13.2. The predicted molar refractivity (Wildman–Crippen MR) is 57.2 cm³/mol. The van der Waals surface area contributed by atoms with E-state index in [9.17, 15) is 4.79 Å². The standard InChI is InChI=1S/C10H22N2O2/c1-4-5-7-11-9(14)12-10(2,3)6-8-13/h13H,4-8H2,1-3H3,(H2,11,12,14). The third kappa shape index (κ3) is 6.71. The van der Waals surface area contributed by atoms with Gasteiger partial charge in [-0.2, -0.15) is 0 Å². The molecular formula is C10H22N2O2. The Morgan fingerprint density at radius 3 is 2.57 bits per heavy atom. The lowest BCUT2D eigenvalue weighted by Gasteiger charge is -2.25. The number of rotatable bonds is 6. The molecule has 0 aromatic rings. The molecule has 0 aromatic heterocycles. The van der Waals surface area contributed by atoms with E-state index in [-0.39, 0.29) is 18.2 Å². The normalized spacial score (nSPS) is 11.1. The van der Waals surface area contributed by atoms with Crippen LogP contribution in [0, 0.1) is 0 Å². The number of aliphatic hydroxyl groups excluding tert-OH is 1. The molecule has 0 aliphatic rings. The van der Waals surface area contributed by atoms with Gasteiger partial charge in [-0.15, -0.1) is 0 Å². The molecule has 0 saturated heterocycles. The van der Waals surface area contributed by atoms with Crippen molar-refractivity contribution in [2.45, 2.75) is 45.6 Å². The average Bonchev–Trinajstić information content (AvgIpc) is 2.03. The third-order valence-electron chi connectivity index (χ3n) is 2.00. The van der Waals surface area contributed by atoms with E-state index in [4.69, 9.17) is 5.11 Å². The van der Waals surface area contributed by atoms with Crippen LogP contribution in [-0.4, -0.2) is 29.8 Å². The molecule has 0 saturated carbocycles. The second-order valence-electron chi connectivity index (χ2n) is 4.09. The maximum Gasteiger partial charge on any atom is 0.315 e. The largest absolute Gasteiger partial charge is 0.396 e. The Kier molecular flexibility index (Phi) is 6.28. The summed E-state index contributed by atoms with van der Waals surface area (Å²) in [6.45, 7) is 6.65. The van der Waals surface area contributed by atoms with Crippen molar-refractivity contribution < 1.29 is 9.90 Å². The first-order valence-corrected chi connectivity index (χ1v) is 5.18. The maximum atomic E-state index is 11.3. The van der Waals surface area contributed by atoms with Crippen molar-refractivity contribution in [3.05, 3.63) is 0 Å². The lowest BCUT2D eigenvalue weighted by atomic mass is 10.0. The van der Waals surface area contributed by atoms with Crippen LogP contribution in [0.5, 0.6) is 0 Å². The van der Waals surface area contributed by atoms with Crippen LogP contribution < -0.4 is 10.6 Å². The van der Waals surface area contributed by atoms with Gasteiger partial charge in [0, 0.05) is 18.7 Å². The van der Waals surface area contributed by atoms with Crippen LogP contribution in [0.25, 0.3) is 0 Å². The topological polar surface area (TPSA) is 61.4 Å². The van der Waals surface area contributed by atoms with Crippen molar-refractivity contribution in [1.29, 1.82) is 0 Å². The molecule has 0 atom stereocenters. The monoisotopic (exact) mass is 202 g/mol. The molecule has 2 amide bonds. The van der Waals surface area contributed by atoms with Crippen molar-refractivity contribution >= 4 is 6.03 Å². The molecule has 0 rings (SSSR count). The minimum absolute atomic E-state index is 0.0856. The minimum atomic E-state index is -0.342. The summed E-state index contributed by atoms with van der Waals surface area (Å²) in [6, 6.07) is -0.156. The SMILES string of the molecule is CCCCNC(=O)NC(C)(C)CCO. The van der Waals surface area contributed by atoms with Crippen LogP contribution in [0.4, 0.5) is 4.79 Å². The summed E-state index contributed by atoms with van der Waals surface area (Å²) < 4.78 is 0. The molecule has 0 bridgehead atoms. The number of unbranched alkanes of at least 4 members (excludes halogenated alkanes) is 1. The van der Waals surface area contributed by atoms with Crippen LogP contribution >= 0.6 is 0 Å². The number of urea groups is 1. The Labute approximate surface area is 86.1 Å². The summed E-state index contributed by atoms with van der Waals surface area (Å²) in [6.07, 6.45) is 2.63. The lowest BCUT2D eigenvalue weighted by Crippen LogP contribution is -2.48. The van der Waals surface area contributed by atoms with Crippen molar-refractivity contribution in [3.63, 3.8) is 0 Å². The molecule has 0 fully saturated rings. The van der Waals surface area contributed by atoms with Gasteiger partial charge < -0.3 is 15.7 Å². The lowest BCUT2D eigenvalue weighted by molar-refractivity contribution is 0.210. The Bertz CT molecular complexity index is 170. The Morgan fingerprint density at radius 2 is 2.07 bits per heavy atom. The molecule has 4 nitrogen and oxygen atoms in total. The molecule has 0 aliphatic heterocycles. The van der Waals surface area contributed by atoms with E-state index in [0.29, 0.717) is 13.0 Å². The Hall–Kier alpha value is -0.770. The van der Waals surface area contributed by atoms with Gasteiger partial charge in [-0.3, -0.25) is 0 Å². The van der Waals surface area contributed by atoms with E-state index >= 15 is 0 Å². The number of nitrogens with one attached hydrogen (secondary N) is 2. The van der Waals surface area contributed by atoms with Crippen molar-refractivity contribution in [2.24, 2.45) is 0 Å². The highest BCUT2D eigenvalue weighted by Gasteiger charge is 2.18. The van der Waals surface area contributed by atoms with Gasteiger partial charge in [-0.1, -0.05) is 13.3 Å². The van der Waals surface area contributed by atoms with E-state index in [1.165, 1.54) is 0 Å². The third-order valence-corrected chi connectivity index (χ3v) is 2.00. The zero-order chi connectivity index (χ0) is 11.0.